The zero-order valence-electron chi connectivity index (χ0n) is 50.8. The third-order valence-electron chi connectivity index (χ3n) is 18.1. The van der Waals surface area contributed by atoms with Crippen LogP contribution in [0.2, 0.25) is 0 Å². The summed E-state index contributed by atoms with van der Waals surface area (Å²) in [5.74, 6) is -2.71. The van der Waals surface area contributed by atoms with Crippen LogP contribution in [-0.2, 0) is 77.8 Å². The number of ketones is 1. The maximum atomic E-state index is 14.5. The molecule has 0 aliphatic carbocycles. The van der Waals surface area contributed by atoms with Crippen molar-refractivity contribution in [2.75, 3.05) is 59.3 Å². The quantitative estimate of drug-likeness (QED) is 0.0233. The number of fused-ring (bicyclic) bond motifs is 5. The van der Waals surface area contributed by atoms with E-state index in [-0.39, 0.29) is 124 Å². The Labute approximate surface area is 523 Å². The van der Waals surface area contributed by atoms with E-state index in [4.69, 9.17) is 38.1 Å². The van der Waals surface area contributed by atoms with Gasteiger partial charge in [0.25, 0.3) is 5.56 Å². The minimum Gasteiger partial charge on any atom is -0.508 e. The number of Topliss-reactive ketones (excluding diaryl/α,β-unsaturated/α-hetero) is 1. The number of amides is 1. The maximum absolute atomic E-state index is 14.5. The molecule has 91 heavy (non-hydrogen) atoms. The fourth-order valence-electron chi connectivity index (χ4n) is 13.2. The van der Waals surface area contributed by atoms with Gasteiger partial charge in [-0.2, -0.15) is 0 Å². The molecule has 26 heteroatoms. The molecule has 3 unspecified atom stereocenters. The summed E-state index contributed by atoms with van der Waals surface area (Å²) in [6.45, 7) is 6.44. The molecular weight excluding hydrogens is 1180 g/mol. The van der Waals surface area contributed by atoms with Crippen molar-refractivity contribution in [3.8, 4) is 34.4 Å². The Morgan fingerprint density at radius 3 is 2.35 bits per heavy atom. The average Bonchev–Trinajstić information content (AvgIpc) is 1.63. The van der Waals surface area contributed by atoms with Crippen LogP contribution >= 0.6 is 0 Å². The van der Waals surface area contributed by atoms with Crippen molar-refractivity contribution >= 4 is 34.7 Å². The smallest absolute Gasteiger partial charge is 0.407 e. The van der Waals surface area contributed by atoms with Crippen molar-refractivity contribution < 1.29 is 88.1 Å². The van der Waals surface area contributed by atoms with E-state index < -0.39 is 72.5 Å². The van der Waals surface area contributed by atoms with E-state index in [1.54, 1.807) is 45.5 Å². The summed E-state index contributed by atoms with van der Waals surface area (Å²) in [6, 6.07) is 16.4. The third kappa shape index (κ3) is 13.6. The van der Waals surface area contributed by atoms with Crippen molar-refractivity contribution in [2.24, 2.45) is 0 Å². The molecule has 6 aromatic rings. The van der Waals surface area contributed by atoms with Crippen LogP contribution in [-0.4, -0.2) is 190 Å². The lowest BCUT2D eigenvalue weighted by molar-refractivity contribution is -0.277. The normalized spacial score (nSPS) is 23.1. The first kappa shape index (κ1) is 64.4. The van der Waals surface area contributed by atoms with Gasteiger partial charge in [-0.25, -0.2) is 19.3 Å². The number of carbonyl (C=O) groups is 4. The minimum absolute atomic E-state index is 0.0116. The highest BCUT2D eigenvalue weighted by Gasteiger charge is 2.51. The second kappa shape index (κ2) is 28.2. The van der Waals surface area contributed by atoms with Crippen LogP contribution in [0.5, 0.6) is 23.0 Å². The summed E-state index contributed by atoms with van der Waals surface area (Å²) in [7, 11) is 0. The number of likely N-dealkylation sites (tertiary alicyclic amines) is 2. The highest BCUT2D eigenvalue weighted by molar-refractivity contribution is 6.01. The van der Waals surface area contributed by atoms with E-state index in [2.05, 4.69) is 21.3 Å². The Hall–Kier alpha value is -8.08. The van der Waals surface area contributed by atoms with E-state index in [1.165, 1.54) is 30.7 Å². The first-order valence-electron chi connectivity index (χ1n) is 31.2. The lowest BCUT2D eigenvalue weighted by Gasteiger charge is -2.43. The molecule has 7 N–H and O–H groups in total. The van der Waals surface area contributed by atoms with Crippen molar-refractivity contribution in [1.82, 2.24) is 34.3 Å². The number of nitrogens with zero attached hydrogens (tertiary/aromatic N) is 7. The zero-order valence-corrected chi connectivity index (χ0v) is 50.8. The van der Waals surface area contributed by atoms with E-state index in [0.717, 1.165) is 60.0 Å². The number of cyclic esters (lactones) is 1. The van der Waals surface area contributed by atoms with Crippen molar-refractivity contribution in [3.63, 3.8) is 0 Å². The van der Waals surface area contributed by atoms with Gasteiger partial charge in [-0.3, -0.25) is 14.4 Å². The molecular formula is C65H77N7O19. The number of aliphatic hydroxyl groups excluding tert-OH is 4. The molecule has 8 atom stereocenters. The maximum Gasteiger partial charge on any atom is 0.407 e. The summed E-state index contributed by atoms with van der Waals surface area (Å²) in [5, 5.41) is 81.4. The first-order valence-corrected chi connectivity index (χ1v) is 31.2. The number of aryl methyl sites for hydroxylation is 3. The number of benzene rings is 3. The van der Waals surface area contributed by atoms with Crippen molar-refractivity contribution in [2.45, 2.75) is 153 Å². The minimum atomic E-state index is -1.91. The number of carboxylic acid groups (broad SMARTS) is 1. The average molecular weight is 1260 g/mol. The largest absolute Gasteiger partial charge is 0.508 e. The number of esters is 2. The number of phenolic OH excluding ortho intramolecular Hbond substituents is 2. The summed E-state index contributed by atoms with van der Waals surface area (Å²) in [6.07, 6.45) is -1.75. The van der Waals surface area contributed by atoms with Gasteiger partial charge in [0.1, 0.15) is 66.2 Å². The first-order chi connectivity index (χ1) is 44.0. The standard InChI is InChI=1S/C65H77N7O19/c1-3-43-44-28-38(49-29-40(18-21-71(49)64(83)84)69-19-6-5-7-20-69)11-15-48(44)66-57-45(43)34-72-50(57)32-47-46(61(72)81)36-88-63(82)65(47,4-2)91-55(77)17-12-39-33-70(68-67-39)22-23-85-24-25-86-26-27-87-42-30-52(76)56(51(75)16-10-37-8-13-41(74)14-9-37)53(31-42)89-62-60(80)59(79)58(78)54(35-73)90-62/h8-9,11,13-15,28,30-33,40,49,54,58-60,62,73-74,76,78-80H,3-7,10,12,16-27,29,34-36H2,1-2H3,(H,83,84)/t40?,49?,54-,58-,59?,60-,62-,65+/m1/s1. The summed E-state index contributed by atoms with van der Waals surface area (Å²) >= 11 is 0. The molecule has 26 nitrogen and oxygen atoms in total. The van der Waals surface area contributed by atoms with Crippen LogP contribution in [0.15, 0.2) is 71.7 Å². The van der Waals surface area contributed by atoms with Gasteiger partial charge in [0.05, 0.1) is 86.7 Å². The molecule has 1 amide bonds. The predicted octanol–water partition coefficient (Wildman–Crippen LogP) is 4.60. The summed E-state index contributed by atoms with van der Waals surface area (Å²) < 4.78 is 43.5. The zero-order chi connectivity index (χ0) is 64.1. The molecule has 3 aromatic heterocycles. The summed E-state index contributed by atoms with van der Waals surface area (Å²) in [4.78, 5) is 77.6. The third-order valence-corrected chi connectivity index (χ3v) is 18.1. The molecule has 0 bridgehead atoms. The Balaban J connectivity index is 0.667. The van der Waals surface area contributed by atoms with Crippen molar-refractivity contribution in [3.05, 3.63) is 122 Å². The number of carbonyl (C=O) groups excluding carboxylic acids is 3. The van der Waals surface area contributed by atoms with Gasteiger partial charge in [0.15, 0.2) is 5.78 Å². The van der Waals surface area contributed by atoms with E-state index in [1.807, 2.05) is 19.1 Å². The van der Waals surface area contributed by atoms with E-state index in [9.17, 15) is 59.7 Å². The SMILES string of the molecule is CCc1c2c(nc3ccc(C4CC(N5CCCCC5)CCN4C(=O)O)cc13)-c1cc3c(c(=O)n1C2)COC(=O)[C@@]3(CC)OC(=O)CCc1cn(CCOCCOCCOc2cc(O)c(C(=O)CCc3ccc(O)cc3)c(O[C@@H]3O[C@H](CO)[C@@H](O)C(O)[C@H]3O)c2)nn1. The number of aliphatic hydroxyl groups is 4. The van der Waals surface area contributed by atoms with Gasteiger partial charge in [0, 0.05) is 60.3 Å². The fraction of sp³-hybridized carbons (Fsp3) is 0.508. The number of aromatic hydroxyl groups is 2. The van der Waals surface area contributed by atoms with Crippen LogP contribution in [0.4, 0.5) is 4.79 Å². The van der Waals surface area contributed by atoms with Crippen LogP contribution in [0.1, 0.15) is 121 Å². The Bertz CT molecular complexity index is 3700. The second-order valence-electron chi connectivity index (χ2n) is 23.6. The van der Waals surface area contributed by atoms with Crippen molar-refractivity contribution in [1.29, 1.82) is 0 Å². The lowest BCUT2D eigenvalue weighted by Crippen LogP contribution is -2.60. The molecule has 3 fully saturated rings. The molecule has 5 aliphatic heterocycles. The molecule has 0 radical (unpaired) electrons. The van der Waals surface area contributed by atoms with Crippen LogP contribution in [0.25, 0.3) is 22.3 Å². The number of hydrogen-bond acceptors (Lipinski definition) is 22. The highest BCUT2D eigenvalue weighted by Crippen LogP contribution is 2.44. The van der Waals surface area contributed by atoms with Crippen LogP contribution in [0, 0.1) is 0 Å². The number of rotatable bonds is 25. The van der Waals surface area contributed by atoms with E-state index in [0.29, 0.717) is 54.6 Å². The molecule has 5 aliphatic rings. The lowest BCUT2D eigenvalue weighted by atomic mass is 9.85. The Morgan fingerprint density at radius 2 is 1.60 bits per heavy atom. The highest BCUT2D eigenvalue weighted by atomic mass is 16.7. The molecule has 0 spiro atoms. The number of hydrogen-bond donors (Lipinski definition) is 7. The molecule has 11 rings (SSSR count). The van der Waals surface area contributed by atoms with Gasteiger partial charge in [-0.1, -0.05) is 43.7 Å². The number of ether oxygens (including phenoxy) is 7. The summed E-state index contributed by atoms with van der Waals surface area (Å²) in [5.41, 5.74) is 3.69. The molecule has 486 valence electrons. The van der Waals surface area contributed by atoms with Gasteiger partial charge in [0.2, 0.25) is 11.9 Å². The monoisotopic (exact) mass is 1260 g/mol. The van der Waals surface area contributed by atoms with Crippen LogP contribution in [0.3, 0.4) is 0 Å². The topological polar surface area (TPSA) is 347 Å². The number of phenols is 2. The number of pyridine rings is 2. The van der Waals surface area contributed by atoms with Gasteiger partial charge in [-0.15, -0.1) is 5.10 Å². The number of aromatic nitrogens is 5. The fourth-order valence-corrected chi connectivity index (χ4v) is 13.2. The van der Waals surface area contributed by atoms with Gasteiger partial charge < -0.3 is 83.3 Å². The van der Waals surface area contributed by atoms with Gasteiger partial charge >= 0.3 is 18.0 Å². The van der Waals surface area contributed by atoms with Gasteiger partial charge in [-0.05, 0) is 105 Å². The van der Waals surface area contributed by atoms with E-state index >= 15 is 0 Å². The molecule has 0 saturated carbocycles. The predicted molar refractivity (Wildman–Crippen MR) is 322 cm³/mol. The molecule has 3 saturated heterocycles. The van der Waals surface area contributed by atoms with Crippen LogP contribution < -0.4 is 15.0 Å². The second-order valence-corrected chi connectivity index (χ2v) is 23.6. The Kier molecular flexibility index (Phi) is 20.0. The Morgan fingerprint density at radius 1 is 0.835 bits per heavy atom. The number of piperidine rings is 2. The molecule has 3 aromatic carbocycles. The molecule has 8 heterocycles.